The van der Waals surface area contributed by atoms with E-state index in [0.717, 1.165) is 11.4 Å². The zero-order valence-corrected chi connectivity index (χ0v) is 16.1. The van der Waals surface area contributed by atoms with Gasteiger partial charge >= 0.3 is 6.18 Å². The summed E-state index contributed by atoms with van der Waals surface area (Å²) in [6, 6.07) is 3.60. The molecule has 1 rings (SSSR count). The van der Waals surface area contributed by atoms with Crippen molar-refractivity contribution >= 4 is 17.9 Å². The number of nitrogens with one attached hydrogen (secondary N) is 2. The third kappa shape index (κ3) is 6.74. The summed E-state index contributed by atoms with van der Waals surface area (Å²) in [7, 11) is 1.59. The summed E-state index contributed by atoms with van der Waals surface area (Å²) in [6.07, 6.45) is -3.17. The van der Waals surface area contributed by atoms with Crippen LogP contribution in [0.5, 0.6) is 0 Å². The van der Waals surface area contributed by atoms with Crippen LogP contribution in [0, 0.1) is 25.2 Å². The van der Waals surface area contributed by atoms with Crippen molar-refractivity contribution in [1.82, 2.24) is 15.2 Å². The summed E-state index contributed by atoms with van der Waals surface area (Å²) in [5, 5.41) is 13.0. The fraction of sp³-hybridized carbons (Fsp3) is 0.500. The number of aryl methyl sites for hydroxylation is 1. The van der Waals surface area contributed by atoms with Crippen molar-refractivity contribution in [3.05, 3.63) is 28.6 Å². The van der Waals surface area contributed by atoms with Crippen molar-refractivity contribution in [2.24, 2.45) is 0 Å². The smallest absolute Gasteiger partial charge is 0.383 e. The quantitative estimate of drug-likeness (QED) is 0.515. The Kier molecular flexibility index (Phi) is 8.25. The van der Waals surface area contributed by atoms with E-state index in [2.05, 4.69) is 5.32 Å². The van der Waals surface area contributed by atoms with Crippen LogP contribution in [0.4, 0.5) is 13.2 Å². The minimum Gasteiger partial charge on any atom is -0.383 e. The monoisotopic (exact) mass is 400 g/mol. The summed E-state index contributed by atoms with van der Waals surface area (Å²) in [5.74, 6) is -1.85. The fourth-order valence-electron chi connectivity index (χ4n) is 2.76. The summed E-state index contributed by atoms with van der Waals surface area (Å²) in [5.41, 5.74) is 2.12. The maximum Gasteiger partial charge on any atom is 0.405 e. The maximum atomic E-state index is 12.1. The standard InChI is InChI=1S/C18H23F3N4O3/c1-11-5-14(13(3)25(11)12(2)9-28-4)6-15(7-22)17(27)23-8-16(26)24-10-18(19,20)21/h5-6,12H,8-10H2,1-4H3,(H,23,27)(H,24,26)/b15-6-/t12-/m1/s1. The topological polar surface area (TPSA) is 96.2 Å². The second-order valence-corrected chi connectivity index (χ2v) is 6.25. The Bertz CT molecular complexity index is 791. The number of nitriles is 1. The highest BCUT2D eigenvalue weighted by Gasteiger charge is 2.27. The fourth-order valence-corrected chi connectivity index (χ4v) is 2.76. The number of rotatable bonds is 8. The second-order valence-electron chi connectivity index (χ2n) is 6.25. The average Bonchev–Trinajstić information content (AvgIpc) is 2.88. The van der Waals surface area contributed by atoms with Crippen LogP contribution >= 0.6 is 0 Å². The highest BCUT2D eigenvalue weighted by atomic mass is 19.4. The van der Waals surface area contributed by atoms with Gasteiger partial charge < -0.3 is 19.9 Å². The number of aromatic nitrogens is 1. The van der Waals surface area contributed by atoms with E-state index in [0.29, 0.717) is 12.2 Å². The number of halogens is 3. The van der Waals surface area contributed by atoms with Crippen LogP contribution in [0.1, 0.15) is 29.9 Å². The van der Waals surface area contributed by atoms with E-state index in [1.54, 1.807) is 18.5 Å². The highest BCUT2D eigenvalue weighted by molar-refractivity contribution is 6.03. The van der Waals surface area contributed by atoms with Crippen molar-refractivity contribution in [2.75, 3.05) is 26.8 Å². The Labute approximate surface area is 161 Å². The van der Waals surface area contributed by atoms with Crippen LogP contribution in [-0.2, 0) is 14.3 Å². The molecule has 0 bridgehead atoms. The van der Waals surface area contributed by atoms with Gasteiger partial charge in [0.15, 0.2) is 0 Å². The molecule has 0 spiro atoms. The Morgan fingerprint density at radius 1 is 1.36 bits per heavy atom. The van der Waals surface area contributed by atoms with Crippen LogP contribution in [-0.4, -0.2) is 49.4 Å². The number of hydrogen-bond acceptors (Lipinski definition) is 4. The number of hydrogen-bond donors (Lipinski definition) is 2. The van der Waals surface area contributed by atoms with E-state index in [1.807, 2.05) is 31.4 Å². The van der Waals surface area contributed by atoms with Crippen LogP contribution in [0.25, 0.3) is 6.08 Å². The van der Waals surface area contributed by atoms with Crippen molar-refractivity contribution in [1.29, 1.82) is 5.26 Å². The van der Waals surface area contributed by atoms with Gasteiger partial charge in [-0.05, 0) is 38.5 Å². The number of nitrogens with zero attached hydrogens (tertiary/aromatic N) is 2. The molecule has 1 atom stereocenters. The van der Waals surface area contributed by atoms with E-state index in [-0.39, 0.29) is 11.6 Å². The van der Waals surface area contributed by atoms with Gasteiger partial charge in [-0.1, -0.05) is 0 Å². The van der Waals surface area contributed by atoms with E-state index >= 15 is 0 Å². The molecule has 1 aromatic heterocycles. The summed E-state index contributed by atoms with van der Waals surface area (Å²) < 4.78 is 43.3. The lowest BCUT2D eigenvalue weighted by Gasteiger charge is -2.17. The van der Waals surface area contributed by atoms with Gasteiger partial charge in [0.05, 0.1) is 19.2 Å². The highest BCUT2D eigenvalue weighted by Crippen LogP contribution is 2.22. The Morgan fingerprint density at radius 3 is 2.54 bits per heavy atom. The van der Waals surface area contributed by atoms with E-state index in [1.165, 1.54) is 6.08 Å². The number of alkyl halides is 3. The van der Waals surface area contributed by atoms with E-state index in [9.17, 15) is 28.0 Å². The first-order chi connectivity index (χ1) is 13.0. The van der Waals surface area contributed by atoms with Gasteiger partial charge in [0.25, 0.3) is 5.91 Å². The van der Waals surface area contributed by atoms with Crippen molar-refractivity contribution < 1.29 is 27.5 Å². The minimum atomic E-state index is -4.54. The van der Waals surface area contributed by atoms with Crippen molar-refractivity contribution in [2.45, 2.75) is 33.0 Å². The van der Waals surface area contributed by atoms with Gasteiger partial charge in [-0.25, -0.2) is 0 Å². The van der Waals surface area contributed by atoms with Crippen LogP contribution in [0.3, 0.4) is 0 Å². The third-order valence-electron chi connectivity index (χ3n) is 3.93. The lowest BCUT2D eigenvalue weighted by molar-refractivity contribution is -0.138. The molecule has 154 valence electrons. The number of ether oxygens (including phenoxy) is 1. The maximum absolute atomic E-state index is 12.1. The molecule has 2 amide bonds. The molecule has 10 heteroatoms. The largest absolute Gasteiger partial charge is 0.405 e. The van der Waals surface area contributed by atoms with Crippen molar-refractivity contribution in [3.8, 4) is 6.07 Å². The molecule has 2 N–H and O–H groups in total. The van der Waals surface area contributed by atoms with Gasteiger partial charge in [0.1, 0.15) is 18.2 Å². The molecule has 0 aromatic carbocycles. The molecule has 1 aromatic rings. The van der Waals surface area contributed by atoms with Gasteiger partial charge in [-0.15, -0.1) is 0 Å². The number of carbonyl (C=O) groups is 2. The first kappa shape index (κ1) is 23.2. The summed E-state index contributed by atoms with van der Waals surface area (Å²) >= 11 is 0. The molecule has 0 unspecified atom stereocenters. The first-order valence-electron chi connectivity index (χ1n) is 8.41. The zero-order chi connectivity index (χ0) is 21.5. The molecular formula is C18H23F3N4O3. The summed E-state index contributed by atoms with van der Waals surface area (Å²) in [6.45, 7) is 4.01. The molecule has 0 radical (unpaired) electrons. The Hall–Kier alpha value is -2.80. The Morgan fingerprint density at radius 2 is 2.00 bits per heavy atom. The van der Waals surface area contributed by atoms with Gasteiger partial charge in [-0.2, -0.15) is 18.4 Å². The van der Waals surface area contributed by atoms with E-state index in [4.69, 9.17) is 4.74 Å². The summed E-state index contributed by atoms with van der Waals surface area (Å²) in [4.78, 5) is 23.5. The molecule has 0 aliphatic rings. The predicted molar refractivity (Wildman–Crippen MR) is 96.2 cm³/mol. The molecule has 0 fully saturated rings. The molecule has 0 aliphatic carbocycles. The predicted octanol–water partition coefficient (Wildman–Crippen LogP) is 2.01. The molecule has 0 saturated heterocycles. The minimum absolute atomic E-state index is 0.0452. The van der Waals surface area contributed by atoms with Crippen molar-refractivity contribution in [3.63, 3.8) is 0 Å². The lowest BCUT2D eigenvalue weighted by atomic mass is 10.1. The average molecular weight is 400 g/mol. The zero-order valence-electron chi connectivity index (χ0n) is 16.1. The van der Waals surface area contributed by atoms with E-state index < -0.39 is 31.1 Å². The molecule has 7 nitrogen and oxygen atoms in total. The number of amides is 2. The number of methoxy groups -OCH3 is 1. The SMILES string of the molecule is COC[C@@H](C)n1c(C)cc(/C=C(/C#N)C(=O)NCC(=O)NCC(F)(F)F)c1C. The normalized spacial score (nSPS) is 13.0. The molecule has 1 heterocycles. The second kappa shape index (κ2) is 9.94. The molecule has 0 saturated carbocycles. The third-order valence-corrected chi connectivity index (χ3v) is 3.93. The van der Waals surface area contributed by atoms with Gasteiger partial charge in [0.2, 0.25) is 5.91 Å². The molecular weight excluding hydrogens is 377 g/mol. The first-order valence-corrected chi connectivity index (χ1v) is 8.41. The van der Waals surface area contributed by atoms with Crippen LogP contribution in [0.15, 0.2) is 11.6 Å². The Balaban J connectivity index is 2.86. The van der Waals surface area contributed by atoms with Gasteiger partial charge in [0, 0.05) is 18.5 Å². The number of carbonyl (C=O) groups excluding carboxylic acids is 2. The van der Waals surface area contributed by atoms with Gasteiger partial charge in [-0.3, -0.25) is 9.59 Å². The van der Waals surface area contributed by atoms with Crippen LogP contribution in [0.2, 0.25) is 0 Å². The lowest BCUT2D eigenvalue weighted by Crippen LogP contribution is -2.41. The molecule has 0 aliphatic heterocycles. The van der Waals surface area contributed by atoms with Crippen LogP contribution < -0.4 is 10.6 Å². The molecule has 28 heavy (non-hydrogen) atoms.